The van der Waals surface area contributed by atoms with Crippen LogP contribution in [0, 0.1) is 0 Å². The number of carboxylic acids is 1. The Kier molecular flexibility index (Phi) is 3.61. The van der Waals surface area contributed by atoms with Gasteiger partial charge in [0.25, 0.3) is 0 Å². The molecular formula is C8H10O6. The number of aliphatic hydroxyl groups excluding tert-OH is 1. The number of epoxide rings is 1. The Bertz CT molecular complexity index is 265. The molecule has 0 radical (unpaired) electrons. The van der Waals surface area contributed by atoms with E-state index in [1.165, 1.54) is 0 Å². The minimum Gasteiger partial charge on any atom is -0.478 e. The zero-order valence-electron chi connectivity index (χ0n) is 7.30. The van der Waals surface area contributed by atoms with Crippen molar-refractivity contribution in [1.29, 1.82) is 0 Å². The molecule has 0 aromatic rings. The highest BCUT2D eigenvalue weighted by atomic mass is 16.8. The minimum absolute atomic E-state index is 0.0873. The Labute approximate surface area is 79.7 Å². The lowest BCUT2D eigenvalue weighted by Crippen LogP contribution is -2.09. The first-order valence-electron chi connectivity index (χ1n) is 4.00. The second-order valence-corrected chi connectivity index (χ2v) is 2.65. The van der Waals surface area contributed by atoms with E-state index < -0.39 is 18.2 Å². The monoisotopic (exact) mass is 202 g/mol. The fraction of sp³-hybridized carbons (Fsp3) is 0.500. The Hall–Kier alpha value is -1.40. The predicted octanol–water partition coefficient (Wildman–Crippen LogP) is -0.721. The van der Waals surface area contributed by atoms with E-state index in [2.05, 4.69) is 9.47 Å². The standard InChI is InChI=1S/C8H10O6/c9-2-1-5(8(11)12)3-6(10)14-7-4-13-7/h3,7,9H,1-2,4H2,(H,11,12)/b5-3-. The van der Waals surface area contributed by atoms with E-state index in [0.29, 0.717) is 6.61 Å². The molecule has 1 unspecified atom stereocenters. The summed E-state index contributed by atoms with van der Waals surface area (Å²) in [6, 6.07) is 0. The number of hydrogen-bond acceptors (Lipinski definition) is 5. The summed E-state index contributed by atoms with van der Waals surface area (Å²) in [5.41, 5.74) is -0.182. The lowest BCUT2D eigenvalue weighted by molar-refractivity contribution is -0.143. The van der Waals surface area contributed by atoms with Crippen LogP contribution in [0.15, 0.2) is 11.6 Å². The molecule has 0 aromatic carbocycles. The molecule has 1 rings (SSSR count). The molecule has 1 aliphatic heterocycles. The summed E-state index contributed by atoms with van der Waals surface area (Å²) in [5.74, 6) is -2.01. The quantitative estimate of drug-likeness (QED) is 0.347. The number of aliphatic hydroxyl groups is 1. The minimum atomic E-state index is -1.24. The van der Waals surface area contributed by atoms with Crippen molar-refractivity contribution in [3.05, 3.63) is 11.6 Å². The molecule has 1 heterocycles. The maximum Gasteiger partial charge on any atom is 0.333 e. The first kappa shape index (κ1) is 10.7. The molecule has 6 heteroatoms. The van der Waals surface area contributed by atoms with Crippen LogP contribution in [0.2, 0.25) is 0 Å². The first-order valence-corrected chi connectivity index (χ1v) is 4.00. The Morgan fingerprint density at radius 2 is 2.21 bits per heavy atom. The number of aliphatic carboxylic acids is 1. The number of carboxylic acid groups (broad SMARTS) is 1. The van der Waals surface area contributed by atoms with Crippen LogP contribution in [0.25, 0.3) is 0 Å². The molecule has 0 saturated carbocycles. The van der Waals surface area contributed by atoms with Gasteiger partial charge in [-0.1, -0.05) is 0 Å². The summed E-state index contributed by atoms with van der Waals surface area (Å²) in [7, 11) is 0. The molecule has 0 bridgehead atoms. The maximum atomic E-state index is 11.0. The van der Waals surface area contributed by atoms with Gasteiger partial charge in [-0.2, -0.15) is 0 Å². The Balaban J connectivity index is 2.50. The highest BCUT2D eigenvalue weighted by Crippen LogP contribution is 2.11. The summed E-state index contributed by atoms with van der Waals surface area (Å²) < 4.78 is 9.22. The topological polar surface area (TPSA) is 96.4 Å². The Morgan fingerprint density at radius 1 is 1.57 bits per heavy atom. The van der Waals surface area contributed by atoms with Crippen molar-refractivity contribution in [3.63, 3.8) is 0 Å². The van der Waals surface area contributed by atoms with Crippen molar-refractivity contribution in [3.8, 4) is 0 Å². The summed E-state index contributed by atoms with van der Waals surface area (Å²) >= 11 is 0. The molecule has 0 aliphatic carbocycles. The van der Waals surface area contributed by atoms with Gasteiger partial charge in [0.05, 0.1) is 0 Å². The van der Waals surface area contributed by atoms with Gasteiger partial charge in [-0.3, -0.25) is 0 Å². The van der Waals surface area contributed by atoms with Crippen molar-refractivity contribution in [1.82, 2.24) is 0 Å². The lowest BCUT2D eigenvalue weighted by atomic mass is 10.2. The van der Waals surface area contributed by atoms with Crippen LogP contribution in [0.5, 0.6) is 0 Å². The van der Waals surface area contributed by atoms with Gasteiger partial charge in [-0.15, -0.1) is 0 Å². The number of esters is 1. The molecular weight excluding hydrogens is 192 g/mol. The normalized spacial score (nSPS) is 20.4. The van der Waals surface area contributed by atoms with E-state index in [9.17, 15) is 9.59 Å². The third-order valence-electron chi connectivity index (χ3n) is 1.50. The van der Waals surface area contributed by atoms with Gasteiger partial charge in [0.2, 0.25) is 6.29 Å². The summed E-state index contributed by atoms with van der Waals surface area (Å²) in [6.07, 6.45) is 0.221. The summed E-state index contributed by atoms with van der Waals surface area (Å²) in [5, 5.41) is 17.1. The molecule has 6 nitrogen and oxygen atoms in total. The fourth-order valence-electron chi connectivity index (χ4n) is 0.774. The van der Waals surface area contributed by atoms with Crippen LogP contribution >= 0.6 is 0 Å². The van der Waals surface area contributed by atoms with Crippen molar-refractivity contribution in [2.45, 2.75) is 12.7 Å². The van der Waals surface area contributed by atoms with Gasteiger partial charge >= 0.3 is 11.9 Å². The number of rotatable bonds is 5. The molecule has 2 N–H and O–H groups in total. The lowest BCUT2D eigenvalue weighted by Gasteiger charge is -1.99. The molecule has 1 atom stereocenters. The average molecular weight is 202 g/mol. The third kappa shape index (κ3) is 3.55. The molecule has 0 spiro atoms. The zero-order valence-corrected chi connectivity index (χ0v) is 7.30. The molecule has 14 heavy (non-hydrogen) atoms. The van der Waals surface area contributed by atoms with Crippen LogP contribution < -0.4 is 0 Å². The van der Waals surface area contributed by atoms with E-state index >= 15 is 0 Å². The van der Waals surface area contributed by atoms with Crippen LogP contribution in [0.4, 0.5) is 0 Å². The van der Waals surface area contributed by atoms with E-state index in [1.54, 1.807) is 0 Å². The maximum absolute atomic E-state index is 11.0. The SMILES string of the molecule is O=C(/C=C(/CCO)C(=O)O)OC1CO1. The van der Waals surface area contributed by atoms with Gasteiger partial charge in [0, 0.05) is 24.7 Å². The summed E-state index contributed by atoms with van der Waals surface area (Å²) in [4.78, 5) is 21.5. The van der Waals surface area contributed by atoms with Gasteiger partial charge in [-0.05, 0) is 0 Å². The van der Waals surface area contributed by atoms with Crippen LogP contribution in [-0.2, 0) is 19.1 Å². The van der Waals surface area contributed by atoms with Crippen LogP contribution in [-0.4, -0.2) is 41.7 Å². The van der Waals surface area contributed by atoms with E-state index in [1.807, 2.05) is 0 Å². The molecule has 1 fully saturated rings. The van der Waals surface area contributed by atoms with Crippen molar-refractivity contribution < 1.29 is 29.3 Å². The molecule has 1 saturated heterocycles. The smallest absolute Gasteiger partial charge is 0.333 e. The second kappa shape index (κ2) is 4.73. The van der Waals surface area contributed by atoms with Crippen molar-refractivity contribution >= 4 is 11.9 Å². The number of carbonyl (C=O) groups excluding carboxylic acids is 1. The fourth-order valence-corrected chi connectivity index (χ4v) is 0.774. The molecule has 78 valence electrons. The van der Waals surface area contributed by atoms with E-state index in [4.69, 9.17) is 10.2 Å². The number of carbonyl (C=O) groups is 2. The largest absolute Gasteiger partial charge is 0.478 e. The third-order valence-corrected chi connectivity index (χ3v) is 1.50. The molecule has 1 aliphatic rings. The second-order valence-electron chi connectivity index (χ2n) is 2.65. The highest BCUT2D eigenvalue weighted by molar-refractivity contribution is 5.95. The molecule has 0 amide bonds. The first-order chi connectivity index (χ1) is 6.63. The number of ether oxygens (including phenoxy) is 2. The van der Waals surface area contributed by atoms with Crippen LogP contribution in [0.3, 0.4) is 0 Å². The predicted molar refractivity (Wildman–Crippen MR) is 43.3 cm³/mol. The summed E-state index contributed by atoms with van der Waals surface area (Å²) in [6.45, 7) is 0.0212. The molecule has 0 aromatic heterocycles. The van der Waals surface area contributed by atoms with Gasteiger partial charge in [0.1, 0.15) is 6.61 Å². The van der Waals surface area contributed by atoms with Crippen molar-refractivity contribution in [2.75, 3.05) is 13.2 Å². The Morgan fingerprint density at radius 3 is 2.64 bits per heavy atom. The van der Waals surface area contributed by atoms with Gasteiger partial charge < -0.3 is 19.7 Å². The van der Waals surface area contributed by atoms with Gasteiger partial charge in [0.15, 0.2) is 0 Å². The number of hydrogen-bond donors (Lipinski definition) is 2. The van der Waals surface area contributed by atoms with E-state index in [-0.39, 0.29) is 18.6 Å². The van der Waals surface area contributed by atoms with Crippen LogP contribution in [0.1, 0.15) is 6.42 Å². The van der Waals surface area contributed by atoms with Crippen molar-refractivity contribution in [2.24, 2.45) is 0 Å². The van der Waals surface area contributed by atoms with E-state index in [0.717, 1.165) is 6.08 Å². The highest BCUT2D eigenvalue weighted by Gasteiger charge is 2.26. The zero-order chi connectivity index (χ0) is 10.6. The average Bonchev–Trinajstić information content (AvgIpc) is 2.87. The van der Waals surface area contributed by atoms with Gasteiger partial charge in [-0.25, -0.2) is 9.59 Å².